The summed E-state index contributed by atoms with van der Waals surface area (Å²) in [6.07, 6.45) is 1.67. The number of hydrogen-bond acceptors (Lipinski definition) is 4. The summed E-state index contributed by atoms with van der Waals surface area (Å²) in [7, 11) is 1.78. The van der Waals surface area contributed by atoms with Gasteiger partial charge in [0.15, 0.2) is 5.82 Å². The minimum absolute atomic E-state index is 0.210. The summed E-state index contributed by atoms with van der Waals surface area (Å²) in [6, 6.07) is 13.2. The van der Waals surface area contributed by atoms with Crippen LogP contribution in [0, 0.1) is 0 Å². The second-order valence-corrected chi connectivity index (χ2v) is 5.08. The van der Waals surface area contributed by atoms with Crippen LogP contribution in [0.4, 0.5) is 5.82 Å². The summed E-state index contributed by atoms with van der Waals surface area (Å²) in [5.74, 6) is 0.234. The van der Waals surface area contributed by atoms with Gasteiger partial charge in [0.05, 0.1) is 11.2 Å². The Morgan fingerprint density at radius 2 is 1.86 bits per heavy atom. The molecule has 0 aliphatic heterocycles. The van der Waals surface area contributed by atoms with Crippen molar-refractivity contribution in [3.8, 4) is 5.69 Å². The lowest BCUT2D eigenvalue weighted by Gasteiger charge is -2.10. The molecule has 3 aromatic heterocycles. The van der Waals surface area contributed by atoms with Crippen molar-refractivity contribution in [2.45, 2.75) is 0 Å². The van der Waals surface area contributed by atoms with Gasteiger partial charge in [0.1, 0.15) is 11.0 Å². The first-order valence-electron chi connectivity index (χ1n) is 6.86. The first kappa shape index (κ1) is 12.6. The molecule has 0 fully saturated rings. The van der Waals surface area contributed by atoms with E-state index in [-0.39, 0.29) is 11.4 Å². The number of nitrogens with two attached hydrogens (primary N) is 1. The summed E-state index contributed by atoms with van der Waals surface area (Å²) < 4.78 is 3.21. The number of aryl methyl sites for hydroxylation is 1. The van der Waals surface area contributed by atoms with E-state index in [0.29, 0.717) is 16.6 Å². The molecule has 0 saturated carbocycles. The number of fused-ring (bicyclic) bond motifs is 3. The Balaban J connectivity index is 2.32. The Morgan fingerprint density at radius 1 is 1.09 bits per heavy atom. The fourth-order valence-corrected chi connectivity index (χ4v) is 2.85. The second-order valence-electron chi connectivity index (χ2n) is 5.08. The third kappa shape index (κ3) is 1.57. The SMILES string of the molecule is Cn1nc(N)c2c(=O)n(-c3ccccc3)c3ncccc3c21. The van der Waals surface area contributed by atoms with Crippen molar-refractivity contribution >= 4 is 27.8 Å². The predicted octanol–water partition coefficient (Wildman–Crippen LogP) is 1.85. The van der Waals surface area contributed by atoms with Crippen LogP contribution in [-0.2, 0) is 7.05 Å². The van der Waals surface area contributed by atoms with Gasteiger partial charge in [0, 0.05) is 18.6 Å². The molecule has 0 spiro atoms. The molecule has 4 rings (SSSR count). The number of pyridine rings is 2. The second kappa shape index (κ2) is 4.42. The Labute approximate surface area is 125 Å². The maximum absolute atomic E-state index is 13.0. The summed E-state index contributed by atoms with van der Waals surface area (Å²) in [5, 5.41) is 5.45. The quantitative estimate of drug-likeness (QED) is 0.580. The molecule has 0 amide bonds. The van der Waals surface area contributed by atoms with Gasteiger partial charge in [0.2, 0.25) is 0 Å². The van der Waals surface area contributed by atoms with E-state index in [4.69, 9.17) is 5.73 Å². The number of nitrogens with zero attached hydrogens (tertiary/aromatic N) is 4. The Hall–Kier alpha value is -3.15. The molecule has 1 aromatic carbocycles. The molecule has 0 aliphatic rings. The van der Waals surface area contributed by atoms with Gasteiger partial charge in [-0.1, -0.05) is 18.2 Å². The van der Waals surface area contributed by atoms with Gasteiger partial charge in [-0.25, -0.2) is 4.98 Å². The van der Waals surface area contributed by atoms with E-state index in [2.05, 4.69) is 10.1 Å². The molecular formula is C16H13N5O. The van der Waals surface area contributed by atoms with Crippen LogP contribution in [0.2, 0.25) is 0 Å². The molecule has 6 nitrogen and oxygen atoms in total. The van der Waals surface area contributed by atoms with Crippen molar-refractivity contribution in [1.82, 2.24) is 19.3 Å². The molecule has 6 heteroatoms. The van der Waals surface area contributed by atoms with E-state index in [1.807, 2.05) is 42.5 Å². The van der Waals surface area contributed by atoms with Gasteiger partial charge in [-0.3, -0.25) is 14.0 Å². The zero-order valence-electron chi connectivity index (χ0n) is 11.9. The average Bonchev–Trinajstić information content (AvgIpc) is 2.84. The number of para-hydroxylation sites is 1. The van der Waals surface area contributed by atoms with Crippen LogP contribution in [-0.4, -0.2) is 19.3 Å². The van der Waals surface area contributed by atoms with Crippen LogP contribution >= 0.6 is 0 Å². The van der Waals surface area contributed by atoms with Crippen LogP contribution < -0.4 is 11.3 Å². The van der Waals surface area contributed by atoms with E-state index >= 15 is 0 Å². The maximum Gasteiger partial charge on any atom is 0.270 e. The largest absolute Gasteiger partial charge is 0.382 e. The summed E-state index contributed by atoms with van der Waals surface area (Å²) in [5.41, 5.74) is 7.79. The van der Waals surface area contributed by atoms with E-state index in [1.165, 1.54) is 0 Å². The van der Waals surface area contributed by atoms with Crippen LogP contribution in [0.5, 0.6) is 0 Å². The highest BCUT2D eigenvalue weighted by Gasteiger charge is 2.18. The van der Waals surface area contributed by atoms with Gasteiger partial charge >= 0.3 is 0 Å². The minimum Gasteiger partial charge on any atom is -0.382 e. The van der Waals surface area contributed by atoms with Crippen LogP contribution in [0.3, 0.4) is 0 Å². The number of rotatable bonds is 1. The van der Waals surface area contributed by atoms with Crippen molar-refractivity contribution in [1.29, 1.82) is 0 Å². The van der Waals surface area contributed by atoms with Gasteiger partial charge < -0.3 is 5.73 Å². The highest BCUT2D eigenvalue weighted by Crippen LogP contribution is 2.25. The van der Waals surface area contributed by atoms with Crippen LogP contribution in [0.1, 0.15) is 0 Å². The zero-order chi connectivity index (χ0) is 15.3. The highest BCUT2D eigenvalue weighted by molar-refractivity contribution is 6.06. The van der Waals surface area contributed by atoms with Crippen LogP contribution in [0.15, 0.2) is 53.5 Å². The molecule has 3 heterocycles. The topological polar surface area (TPSA) is 78.7 Å². The van der Waals surface area contributed by atoms with E-state index < -0.39 is 0 Å². The Kier molecular flexibility index (Phi) is 2.53. The van der Waals surface area contributed by atoms with Crippen molar-refractivity contribution in [2.24, 2.45) is 7.05 Å². The number of anilines is 1. The standard InChI is InChI=1S/C16H13N5O/c1-20-13-11-8-5-9-18-15(11)21(10-6-3-2-4-7-10)16(22)12(13)14(17)19-20/h2-9H,1H3,(H2,17,19). The lowest BCUT2D eigenvalue weighted by Crippen LogP contribution is -2.20. The fourth-order valence-electron chi connectivity index (χ4n) is 2.85. The first-order valence-corrected chi connectivity index (χ1v) is 6.86. The van der Waals surface area contributed by atoms with E-state index in [9.17, 15) is 4.79 Å². The smallest absolute Gasteiger partial charge is 0.270 e. The van der Waals surface area contributed by atoms with Crippen LogP contribution in [0.25, 0.3) is 27.6 Å². The predicted molar refractivity (Wildman–Crippen MR) is 86.0 cm³/mol. The molecule has 0 atom stereocenters. The molecule has 0 unspecified atom stereocenters. The average molecular weight is 291 g/mol. The van der Waals surface area contributed by atoms with Gasteiger partial charge in [-0.2, -0.15) is 5.10 Å². The summed E-state index contributed by atoms with van der Waals surface area (Å²) >= 11 is 0. The first-order chi connectivity index (χ1) is 10.7. The molecule has 4 aromatic rings. The monoisotopic (exact) mass is 291 g/mol. The normalized spacial score (nSPS) is 11.3. The van der Waals surface area contributed by atoms with E-state index in [0.717, 1.165) is 11.1 Å². The summed E-state index contributed by atoms with van der Waals surface area (Å²) in [6.45, 7) is 0. The fraction of sp³-hybridized carbons (Fsp3) is 0.0625. The lowest BCUT2D eigenvalue weighted by atomic mass is 10.2. The number of aromatic nitrogens is 4. The molecule has 0 aliphatic carbocycles. The number of benzene rings is 1. The van der Waals surface area contributed by atoms with Crippen molar-refractivity contribution < 1.29 is 0 Å². The van der Waals surface area contributed by atoms with Gasteiger partial charge in [-0.15, -0.1) is 0 Å². The number of nitrogen functional groups attached to an aromatic ring is 1. The third-order valence-corrected chi connectivity index (χ3v) is 3.76. The molecule has 0 bridgehead atoms. The summed E-state index contributed by atoms with van der Waals surface area (Å²) in [4.78, 5) is 17.4. The number of hydrogen-bond donors (Lipinski definition) is 1. The maximum atomic E-state index is 13.0. The molecule has 22 heavy (non-hydrogen) atoms. The highest BCUT2D eigenvalue weighted by atomic mass is 16.1. The molecule has 0 saturated heterocycles. The van der Waals surface area contributed by atoms with Gasteiger partial charge in [0.25, 0.3) is 5.56 Å². The molecule has 0 radical (unpaired) electrons. The molecule has 2 N–H and O–H groups in total. The van der Waals surface area contributed by atoms with Gasteiger partial charge in [-0.05, 0) is 24.3 Å². The van der Waals surface area contributed by atoms with Crippen molar-refractivity contribution in [2.75, 3.05) is 5.73 Å². The van der Waals surface area contributed by atoms with E-state index in [1.54, 1.807) is 22.5 Å². The third-order valence-electron chi connectivity index (χ3n) is 3.76. The lowest BCUT2D eigenvalue weighted by molar-refractivity contribution is 0.804. The minimum atomic E-state index is -0.210. The molecular weight excluding hydrogens is 278 g/mol. The molecule has 108 valence electrons. The Morgan fingerprint density at radius 3 is 2.64 bits per heavy atom. The van der Waals surface area contributed by atoms with Crippen molar-refractivity contribution in [3.05, 3.63) is 59.0 Å². The van der Waals surface area contributed by atoms with Crippen molar-refractivity contribution in [3.63, 3.8) is 0 Å². The zero-order valence-corrected chi connectivity index (χ0v) is 11.9. The Bertz CT molecular complexity index is 1060.